The van der Waals surface area contributed by atoms with Crippen molar-refractivity contribution in [2.75, 3.05) is 6.61 Å². The van der Waals surface area contributed by atoms with E-state index in [-0.39, 0.29) is 24.5 Å². The second-order valence-corrected chi connectivity index (χ2v) is 4.25. The second-order valence-electron chi connectivity index (χ2n) is 4.25. The molecule has 1 amide bonds. The molecule has 0 bridgehead atoms. The van der Waals surface area contributed by atoms with Crippen LogP contribution in [0.2, 0.25) is 0 Å². The Hall–Kier alpha value is -1.35. The van der Waals surface area contributed by atoms with E-state index in [1.807, 2.05) is 25.1 Å². The summed E-state index contributed by atoms with van der Waals surface area (Å²) in [5.41, 5.74) is 2.40. The number of aliphatic hydroxyl groups excluding tert-OH is 1. The van der Waals surface area contributed by atoms with E-state index in [0.29, 0.717) is 0 Å². The lowest BCUT2D eigenvalue weighted by Crippen LogP contribution is -2.42. The lowest BCUT2D eigenvalue weighted by Gasteiger charge is -2.30. The van der Waals surface area contributed by atoms with Crippen molar-refractivity contribution < 1.29 is 9.90 Å². The molecule has 0 fully saturated rings. The highest BCUT2D eigenvalue weighted by molar-refractivity contribution is 5.87. The maximum absolute atomic E-state index is 11.9. The van der Waals surface area contributed by atoms with Crippen molar-refractivity contribution in [2.45, 2.75) is 31.7 Å². The van der Waals surface area contributed by atoms with Crippen molar-refractivity contribution in [3.63, 3.8) is 0 Å². The molecule has 3 nitrogen and oxygen atoms in total. The first kappa shape index (κ1) is 11.1. The largest absolute Gasteiger partial charge is 0.394 e. The van der Waals surface area contributed by atoms with Crippen LogP contribution in [0.4, 0.5) is 0 Å². The number of carbonyl (C=O) groups excluding carboxylic acids is 1. The molecule has 1 aromatic rings. The molecule has 1 aliphatic rings. The van der Waals surface area contributed by atoms with Gasteiger partial charge in [0.2, 0.25) is 5.91 Å². The predicted molar refractivity (Wildman–Crippen MR) is 62.2 cm³/mol. The highest BCUT2D eigenvalue weighted by Gasteiger charge is 2.32. The van der Waals surface area contributed by atoms with E-state index in [2.05, 4.69) is 11.4 Å². The fourth-order valence-electron chi connectivity index (χ4n) is 2.07. The van der Waals surface area contributed by atoms with Gasteiger partial charge >= 0.3 is 0 Å². The van der Waals surface area contributed by atoms with Gasteiger partial charge in [0.25, 0.3) is 0 Å². The molecule has 0 spiro atoms. The average molecular weight is 219 g/mol. The van der Waals surface area contributed by atoms with Crippen LogP contribution in [0.3, 0.4) is 0 Å². The minimum atomic E-state index is -0.111. The number of nitrogens with one attached hydrogen (secondary N) is 1. The molecule has 1 unspecified atom stereocenters. The van der Waals surface area contributed by atoms with Crippen LogP contribution in [-0.4, -0.2) is 23.7 Å². The monoisotopic (exact) mass is 219 g/mol. The molecule has 0 saturated heterocycles. The van der Waals surface area contributed by atoms with Crippen LogP contribution in [-0.2, 0) is 11.2 Å². The van der Waals surface area contributed by atoms with Gasteiger partial charge in [-0.25, -0.2) is 0 Å². The fourth-order valence-corrected chi connectivity index (χ4v) is 2.07. The highest BCUT2D eigenvalue weighted by Crippen LogP contribution is 2.34. The molecule has 2 atom stereocenters. The summed E-state index contributed by atoms with van der Waals surface area (Å²) >= 11 is 0. The first-order valence-corrected chi connectivity index (χ1v) is 5.75. The van der Waals surface area contributed by atoms with Gasteiger partial charge < -0.3 is 10.4 Å². The van der Waals surface area contributed by atoms with Gasteiger partial charge in [0.1, 0.15) is 0 Å². The molecule has 86 valence electrons. The summed E-state index contributed by atoms with van der Waals surface area (Å²) in [5.74, 6) is 0.0244. The summed E-state index contributed by atoms with van der Waals surface area (Å²) in [7, 11) is 0. The van der Waals surface area contributed by atoms with Crippen LogP contribution < -0.4 is 5.32 Å². The van der Waals surface area contributed by atoms with Crippen molar-refractivity contribution in [1.82, 2.24) is 5.32 Å². The van der Waals surface area contributed by atoms with Gasteiger partial charge in [-0.2, -0.15) is 0 Å². The number of aliphatic hydroxyl groups is 1. The minimum absolute atomic E-state index is 0.0105. The Kier molecular flexibility index (Phi) is 3.25. The quantitative estimate of drug-likeness (QED) is 0.799. The van der Waals surface area contributed by atoms with Gasteiger partial charge in [0.05, 0.1) is 18.6 Å². The van der Waals surface area contributed by atoms with E-state index in [4.69, 9.17) is 5.11 Å². The third kappa shape index (κ3) is 1.95. The molecule has 0 aromatic heterocycles. The fraction of sp³-hybridized carbons (Fsp3) is 0.462. The van der Waals surface area contributed by atoms with E-state index < -0.39 is 0 Å². The van der Waals surface area contributed by atoms with Gasteiger partial charge in [0, 0.05) is 0 Å². The molecule has 0 heterocycles. The summed E-state index contributed by atoms with van der Waals surface area (Å²) in [6.45, 7) is 1.96. The number of fused-ring (bicyclic) bond motifs is 1. The molecule has 0 radical (unpaired) electrons. The molecule has 2 N–H and O–H groups in total. The Morgan fingerprint density at radius 2 is 2.31 bits per heavy atom. The van der Waals surface area contributed by atoms with Crippen LogP contribution >= 0.6 is 0 Å². The molecule has 3 heteroatoms. The third-order valence-electron chi connectivity index (χ3n) is 3.23. The zero-order valence-corrected chi connectivity index (χ0v) is 9.44. The Balaban J connectivity index is 1.99. The Morgan fingerprint density at radius 3 is 2.94 bits per heavy atom. The Morgan fingerprint density at radius 1 is 1.56 bits per heavy atom. The zero-order chi connectivity index (χ0) is 11.5. The van der Waals surface area contributed by atoms with Gasteiger partial charge in [-0.1, -0.05) is 31.2 Å². The van der Waals surface area contributed by atoms with Crippen LogP contribution in [0.5, 0.6) is 0 Å². The second kappa shape index (κ2) is 4.66. The molecule has 1 aromatic carbocycles. The Labute approximate surface area is 95.5 Å². The van der Waals surface area contributed by atoms with E-state index in [1.54, 1.807) is 0 Å². The van der Waals surface area contributed by atoms with Crippen LogP contribution in [0.1, 0.15) is 30.4 Å². The highest BCUT2D eigenvalue weighted by atomic mass is 16.3. The van der Waals surface area contributed by atoms with E-state index in [1.165, 1.54) is 5.56 Å². The molecular formula is C13H17NO2. The van der Waals surface area contributed by atoms with Gasteiger partial charge in [-0.05, 0) is 24.0 Å². The zero-order valence-electron chi connectivity index (χ0n) is 9.44. The molecule has 0 aliphatic heterocycles. The van der Waals surface area contributed by atoms with Crippen LogP contribution in [0.15, 0.2) is 24.3 Å². The van der Waals surface area contributed by atoms with Gasteiger partial charge in [-0.15, -0.1) is 0 Å². The SMILES string of the molecule is CC[C@@H](CO)NC(=O)C1Cc2ccccc21. The lowest BCUT2D eigenvalue weighted by molar-refractivity contribution is -0.124. The first-order valence-electron chi connectivity index (χ1n) is 5.75. The van der Waals surface area contributed by atoms with Crippen LogP contribution in [0.25, 0.3) is 0 Å². The third-order valence-corrected chi connectivity index (χ3v) is 3.23. The molecule has 16 heavy (non-hydrogen) atoms. The first-order chi connectivity index (χ1) is 7.76. The average Bonchev–Trinajstić information content (AvgIpc) is 2.27. The number of rotatable bonds is 4. The number of hydrogen-bond donors (Lipinski definition) is 2. The van der Waals surface area contributed by atoms with E-state index >= 15 is 0 Å². The van der Waals surface area contributed by atoms with E-state index in [0.717, 1.165) is 18.4 Å². The number of amides is 1. The molecule has 2 rings (SSSR count). The van der Waals surface area contributed by atoms with E-state index in [9.17, 15) is 4.79 Å². The van der Waals surface area contributed by atoms with Crippen molar-refractivity contribution in [3.8, 4) is 0 Å². The minimum Gasteiger partial charge on any atom is -0.394 e. The summed E-state index contributed by atoms with van der Waals surface area (Å²) in [6.07, 6.45) is 1.58. The maximum Gasteiger partial charge on any atom is 0.228 e. The van der Waals surface area contributed by atoms with Crippen LogP contribution in [0, 0.1) is 0 Å². The maximum atomic E-state index is 11.9. The van der Waals surface area contributed by atoms with Gasteiger partial charge in [-0.3, -0.25) is 4.79 Å². The summed E-state index contributed by atoms with van der Waals surface area (Å²) in [4.78, 5) is 11.9. The summed E-state index contributed by atoms with van der Waals surface area (Å²) in [5, 5.41) is 11.9. The normalized spacial score (nSPS) is 19.5. The Bertz CT molecular complexity index is 385. The summed E-state index contributed by atoms with van der Waals surface area (Å²) < 4.78 is 0. The van der Waals surface area contributed by atoms with Crippen molar-refractivity contribution in [1.29, 1.82) is 0 Å². The molecule has 1 aliphatic carbocycles. The number of hydrogen-bond acceptors (Lipinski definition) is 2. The summed E-state index contributed by atoms with van der Waals surface area (Å²) in [6, 6.07) is 7.91. The van der Waals surface area contributed by atoms with Crippen molar-refractivity contribution in [3.05, 3.63) is 35.4 Å². The van der Waals surface area contributed by atoms with Crippen molar-refractivity contribution >= 4 is 5.91 Å². The molecule has 0 saturated carbocycles. The topological polar surface area (TPSA) is 49.3 Å². The lowest BCUT2D eigenvalue weighted by atomic mass is 9.77. The number of carbonyl (C=O) groups is 1. The number of benzene rings is 1. The van der Waals surface area contributed by atoms with Crippen molar-refractivity contribution in [2.24, 2.45) is 0 Å². The smallest absolute Gasteiger partial charge is 0.228 e. The predicted octanol–water partition coefficient (Wildman–Crippen LogP) is 1.21. The standard InChI is InChI=1S/C13H17NO2/c1-2-10(8-15)14-13(16)12-7-9-5-3-4-6-11(9)12/h3-6,10,12,15H,2,7-8H2,1H3,(H,14,16)/t10-,12?/m0/s1. The van der Waals surface area contributed by atoms with Gasteiger partial charge in [0.15, 0.2) is 0 Å². The molecular weight excluding hydrogens is 202 g/mol.